The van der Waals surface area contributed by atoms with E-state index >= 15 is 0 Å². The lowest BCUT2D eigenvalue weighted by atomic mass is 9.83. The van der Waals surface area contributed by atoms with E-state index in [2.05, 4.69) is 24.9 Å². The van der Waals surface area contributed by atoms with Crippen LogP contribution in [0.3, 0.4) is 0 Å². The van der Waals surface area contributed by atoms with Crippen molar-refractivity contribution >= 4 is 23.0 Å². The van der Waals surface area contributed by atoms with Crippen LogP contribution in [0.2, 0.25) is 5.02 Å². The SMILES string of the molecule is CCO[C@H]1C(C)=CN(c2ccc([N+](=O)[O-])cc2)[C@H](c2ccc(Cl)cc2)[C@@H]1C. The standard InChI is InChI=1S/C21H23ClN2O3/c1-4-27-21-14(2)13-23(18-9-11-19(12-10-18)24(25)26)20(15(21)3)16-5-7-17(22)8-6-16/h5-13,15,20-21H,4H2,1-3H3/t15-,20-,21-/m0/s1. The molecular formula is C21H23ClN2O3. The number of hydrogen-bond donors (Lipinski definition) is 0. The molecule has 0 aliphatic carbocycles. The lowest BCUT2D eigenvalue weighted by Crippen LogP contribution is -2.41. The van der Waals surface area contributed by atoms with Crippen molar-refractivity contribution in [1.82, 2.24) is 0 Å². The zero-order chi connectivity index (χ0) is 19.6. The van der Waals surface area contributed by atoms with Gasteiger partial charge in [-0.05, 0) is 49.2 Å². The molecule has 0 unspecified atom stereocenters. The normalized spacial score (nSPS) is 22.4. The summed E-state index contributed by atoms with van der Waals surface area (Å²) >= 11 is 6.07. The minimum Gasteiger partial charge on any atom is -0.374 e. The van der Waals surface area contributed by atoms with Crippen molar-refractivity contribution in [3.8, 4) is 0 Å². The molecule has 142 valence electrons. The van der Waals surface area contributed by atoms with E-state index < -0.39 is 0 Å². The average molecular weight is 387 g/mol. The highest BCUT2D eigenvalue weighted by molar-refractivity contribution is 6.30. The lowest BCUT2D eigenvalue weighted by Gasteiger charge is -2.43. The summed E-state index contributed by atoms with van der Waals surface area (Å²) in [5, 5.41) is 11.7. The third-order valence-corrected chi connectivity index (χ3v) is 5.24. The summed E-state index contributed by atoms with van der Waals surface area (Å²) in [6.45, 7) is 6.88. The molecule has 0 bridgehead atoms. The number of hydrogen-bond acceptors (Lipinski definition) is 4. The summed E-state index contributed by atoms with van der Waals surface area (Å²) in [4.78, 5) is 12.8. The maximum Gasteiger partial charge on any atom is 0.269 e. The first kappa shape index (κ1) is 19.4. The first-order valence-electron chi connectivity index (χ1n) is 9.00. The van der Waals surface area contributed by atoms with Gasteiger partial charge in [0.25, 0.3) is 5.69 Å². The Morgan fingerprint density at radius 1 is 1.15 bits per heavy atom. The Kier molecular flexibility index (Phi) is 5.82. The Labute approximate surface area is 164 Å². The average Bonchev–Trinajstić information content (AvgIpc) is 2.66. The first-order valence-corrected chi connectivity index (χ1v) is 9.38. The molecule has 5 nitrogen and oxygen atoms in total. The van der Waals surface area contributed by atoms with Crippen molar-refractivity contribution in [2.45, 2.75) is 32.9 Å². The van der Waals surface area contributed by atoms with E-state index in [0.717, 1.165) is 16.8 Å². The zero-order valence-corrected chi connectivity index (χ0v) is 16.4. The van der Waals surface area contributed by atoms with Gasteiger partial charge in [-0.25, -0.2) is 0 Å². The topological polar surface area (TPSA) is 55.6 Å². The van der Waals surface area contributed by atoms with Crippen LogP contribution in [-0.4, -0.2) is 17.6 Å². The van der Waals surface area contributed by atoms with Crippen molar-refractivity contribution in [2.75, 3.05) is 11.5 Å². The first-order chi connectivity index (χ1) is 12.9. The molecule has 0 spiro atoms. The second-order valence-electron chi connectivity index (χ2n) is 6.79. The minimum atomic E-state index is -0.383. The van der Waals surface area contributed by atoms with Crippen LogP contribution in [-0.2, 0) is 4.74 Å². The molecule has 1 aliphatic heterocycles. The van der Waals surface area contributed by atoms with Crippen LogP contribution in [0.25, 0.3) is 0 Å². The maximum atomic E-state index is 11.0. The van der Waals surface area contributed by atoms with E-state index in [4.69, 9.17) is 16.3 Å². The molecule has 0 fully saturated rings. The molecule has 0 saturated heterocycles. The Morgan fingerprint density at radius 3 is 2.33 bits per heavy atom. The lowest BCUT2D eigenvalue weighted by molar-refractivity contribution is -0.384. The summed E-state index contributed by atoms with van der Waals surface area (Å²) in [7, 11) is 0. The van der Waals surface area contributed by atoms with Gasteiger partial charge in [0.05, 0.1) is 17.1 Å². The van der Waals surface area contributed by atoms with Crippen molar-refractivity contribution in [1.29, 1.82) is 0 Å². The fraction of sp³-hybridized carbons (Fsp3) is 0.333. The van der Waals surface area contributed by atoms with Crippen LogP contribution in [0.15, 0.2) is 60.3 Å². The van der Waals surface area contributed by atoms with Crippen LogP contribution in [0.5, 0.6) is 0 Å². The van der Waals surface area contributed by atoms with Gasteiger partial charge in [-0.15, -0.1) is 0 Å². The number of anilines is 1. The highest BCUT2D eigenvalue weighted by Crippen LogP contribution is 2.42. The molecule has 1 aliphatic rings. The van der Waals surface area contributed by atoms with Crippen LogP contribution in [0, 0.1) is 16.0 Å². The predicted octanol–water partition coefficient (Wildman–Crippen LogP) is 5.75. The quantitative estimate of drug-likeness (QED) is 0.484. The summed E-state index contributed by atoms with van der Waals surface area (Å²) < 4.78 is 6.01. The van der Waals surface area contributed by atoms with Crippen molar-refractivity contribution in [3.05, 3.63) is 81.0 Å². The van der Waals surface area contributed by atoms with Crippen molar-refractivity contribution in [2.24, 2.45) is 5.92 Å². The minimum absolute atomic E-state index is 0.0185. The number of nitro groups is 1. The van der Waals surface area contributed by atoms with E-state index in [1.807, 2.05) is 31.2 Å². The number of benzene rings is 2. The number of nitrogens with zero attached hydrogens (tertiary/aromatic N) is 2. The number of nitro benzene ring substituents is 1. The molecule has 2 aromatic carbocycles. The Bertz CT molecular complexity index is 834. The van der Waals surface area contributed by atoms with Crippen molar-refractivity contribution in [3.63, 3.8) is 0 Å². The molecular weight excluding hydrogens is 364 g/mol. The van der Waals surface area contributed by atoms with Gasteiger partial charge < -0.3 is 9.64 Å². The Morgan fingerprint density at radius 2 is 1.78 bits per heavy atom. The Hall–Kier alpha value is -2.37. The van der Waals surface area contributed by atoms with E-state index in [-0.39, 0.29) is 28.7 Å². The van der Waals surface area contributed by atoms with E-state index in [1.165, 1.54) is 12.1 Å². The zero-order valence-electron chi connectivity index (χ0n) is 15.6. The van der Waals surface area contributed by atoms with Gasteiger partial charge in [0.15, 0.2) is 0 Å². The fourth-order valence-electron chi connectivity index (χ4n) is 3.78. The predicted molar refractivity (Wildman–Crippen MR) is 108 cm³/mol. The van der Waals surface area contributed by atoms with E-state index in [0.29, 0.717) is 11.6 Å². The monoisotopic (exact) mass is 386 g/mol. The molecule has 6 heteroatoms. The van der Waals surface area contributed by atoms with Crippen molar-refractivity contribution < 1.29 is 9.66 Å². The number of halogens is 1. The van der Waals surface area contributed by atoms with Gasteiger partial charge >= 0.3 is 0 Å². The van der Waals surface area contributed by atoms with Gasteiger partial charge in [0.1, 0.15) is 0 Å². The van der Waals surface area contributed by atoms with Crippen LogP contribution in [0.4, 0.5) is 11.4 Å². The molecule has 0 amide bonds. The summed E-state index contributed by atoms with van der Waals surface area (Å²) in [5.41, 5.74) is 3.24. The van der Waals surface area contributed by atoms with Gasteiger partial charge in [-0.2, -0.15) is 0 Å². The summed E-state index contributed by atoms with van der Waals surface area (Å²) in [6, 6.07) is 14.5. The number of rotatable bonds is 5. The van der Waals surface area contributed by atoms with Gasteiger partial charge in [0.2, 0.25) is 0 Å². The molecule has 0 N–H and O–H groups in total. The fourth-order valence-corrected chi connectivity index (χ4v) is 3.90. The third-order valence-electron chi connectivity index (χ3n) is 4.98. The smallest absolute Gasteiger partial charge is 0.269 e. The third kappa shape index (κ3) is 3.99. The summed E-state index contributed by atoms with van der Waals surface area (Å²) in [6.07, 6.45) is 2.10. The van der Waals surface area contributed by atoms with E-state index in [1.54, 1.807) is 12.1 Å². The molecule has 0 saturated carbocycles. The highest BCUT2D eigenvalue weighted by Gasteiger charge is 2.36. The Balaban J connectivity index is 2.06. The maximum absolute atomic E-state index is 11.0. The number of non-ortho nitro benzene ring substituents is 1. The molecule has 1 heterocycles. The van der Waals surface area contributed by atoms with Crippen LogP contribution in [0.1, 0.15) is 32.4 Å². The second-order valence-corrected chi connectivity index (χ2v) is 7.22. The summed E-state index contributed by atoms with van der Waals surface area (Å²) in [5.74, 6) is 0.186. The molecule has 0 radical (unpaired) electrons. The van der Waals surface area contributed by atoms with Crippen LogP contribution < -0.4 is 4.90 Å². The molecule has 3 atom stereocenters. The largest absolute Gasteiger partial charge is 0.374 e. The molecule has 3 rings (SSSR count). The van der Waals surface area contributed by atoms with E-state index in [9.17, 15) is 10.1 Å². The van der Waals surface area contributed by atoms with Gasteiger partial charge in [-0.1, -0.05) is 30.7 Å². The number of ether oxygens (including phenoxy) is 1. The molecule has 2 aromatic rings. The van der Waals surface area contributed by atoms with Crippen LogP contribution >= 0.6 is 11.6 Å². The molecule has 0 aromatic heterocycles. The van der Waals surface area contributed by atoms with Gasteiger partial charge in [-0.3, -0.25) is 10.1 Å². The highest BCUT2D eigenvalue weighted by atomic mass is 35.5. The molecule has 27 heavy (non-hydrogen) atoms. The second kappa shape index (κ2) is 8.11. The van der Waals surface area contributed by atoms with Gasteiger partial charge in [0, 0.05) is 41.6 Å².